The van der Waals surface area contributed by atoms with Gasteiger partial charge in [-0.1, -0.05) is 18.2 Å². The molecule has 2 aromatic heterocycles. The second kappa shape index (κ2) is 4.82. The molecule has 0 fully saturated rings. The number of hydrogen-bond acceptors (Lipinski definition) is 2. The molecular formula is C15H13FN2O. The molecule has 0 radical (unpaired) electrons. The van der Waals surface area contributed by atoms with Crippen LogP contribution in [0.3, 0.4) is 0 Å². The highest BCUT2D eigenvalue weighted by Crippen LogP contribution is 2.20. The van der Waals surface area contributed by atoms with E-state index < -0.39 is 0 Å². The molecular weight excluding hydrogens is 243 g/mol. The number of aliphatic hydroxyl groups excluding tert-OH is 1. The van der Waals surface area contributed by atoms with Crippen molar-refractivity contribution in [3.05, 3.63) is 71.3 Å². The third-order valence-electron chi connectivity index (χ3n) is 3.17. The van der Waals surface area contributed by atoms with E-state index in [1.54, 1.807) is 16.6 Å². The zero-order chi connectivity index (χ0) is 13.2. The molecule has 0 spiro atoms. The monoisotopic (exact) mass is 256 g/mol. The Bertz CT molecular complexity index is 704. The van der Waals surface area contributed by atoms with E-state index in [-0.39, 0.29) is 12.4 Å². The molecule has 0 saturated heterocycles. The molecule has 0 atom stereocenters. The Morgan fingerprint density at radius 2 is 1.89 bits per heavy atom. The molecule has 3 rings (SSSR count). The van der Waals surface area contributed by atoms with E-state index in [4.69, 9.17) is 0 Å². The van der Waals surface area contributed by atoms with E-state index >= 15 is 0 Å². The summed E-state index contributed by atoms with van der Waals surface area (Å²) < 4.78 is 14.7. The molecule has 0 aliphatic heterocycles. The Morgan fingerprint density at radius 3 is 2.63 bits per heavy atom. The van der Waals surface area contributed by atoms with Gasteiger partial charge in [-0.2, -0.15) is 5.10 Å². The lowest BCUT2D eigenvalue weighted by molar-refractivity contribution is 0.275. The Kier molecular flexibility index (Phi) is 3.01. The fraction of sp³-hybridized carbons (Fsp3) is 0.133. The smallest absolute Gasteiger partial charge is 0.123 e. The Labute approximate surface area is 109 Å². The second-order valence-corrected chi connectivity index (χ2v) is 4.42. The summed E-state index contributed by atoms with van der Waals surface area (Å²) >= 11 is 0. The molecule has 2 heterocycles. The lowest BCUT2D eigenvalue weighted by atomic mass is 10.0. The average molecular weight is 256 g/mol. The summed E-state index contributed by atoms with van der Waals surface area (Å²) in [6.07, 6.45) is 2.48. The predicted molar refractivity (Wildman–Crippen MR) is 70.3 cm³/mol. The number of fused-ring (bicyclic) bond motifs is 1. The maximum Gasteiger partial charge on any atom is 0.123 e. The van der Waals surface area contributed by atoms with Gasteiger partial charge in [0.15, 0.2) is 0 Å². The van der Waals surface area contributed by atoms with E-state index in [0.717, 1.165) is 16.6 Å². The predicted octanol–water partition coefficient (Wildman–Crippen LogP) is 2.56. The molecule has 4 heteroatoms. The molecule has 96 valence electrons. The average Bonchev–Trinajstić information content (AvgIpc) is 2.79. The van der Waals surface area contributed by atoms with Crippen molar-refractivity contribution >= 4 is 5.52 Å². The number of aliphatic hydroxyl groups is 1. The van der Waals surface area contributed by atoms with Crippen molar-refractivity contribution < 1.29 is 9.50 Å². The van der Waals surface area contributed by atoms with Gasteiger partial charge < -0.3 is 5.11 Å². The van der Waals surface area contributed by atoms with E-state index in [0.29, 0.717) is 12.1 Å². The van der Waals surface area contributed by atoms with Gasteiger partial charge in [-0.15, -0.1) is 0 Å². The first-order valence-electron chi connectivity index (χ1n) is 6.08. The minimum Gasteiger partial charge on any atom is -0.390 e. The van der Waals surface area contributed by atoms with E-state index in [1.165, 1.54) is 12.1 Å². The van der Waals surface area contributed by atoms with Crippen LogP contribution in [0.15, 0.2) is 48.7 Å². The van der Waals surface area contributed by atoms with Crippen molar-refractivity contribution in [3.63, 3.8) is 0 Å². The fourth-order valence-electron chi connectivity index (χ4n) is 2.22. The lowest BCUT2D eigenvalue weighted by Gasteiger charge is -2.02. The van der Waals surface area contributed by atoms with Crippen LogP contribution < -0.4 is 0 Å². The summed E-state index contributed by atoms with van der Waals surface area (Å²) in [5.41, 5.74) is 3.61. The summed E-state index contributed by atoms with van der Waals surface area (Å²) in [7, 11) is 0. The Hall–Kier alpha value is -2.20. The molecule has 1 aromatic carbocycles. The van der Waals surface area contributed by atoms with Crippen molar-refractivity contribution in [1.82, 2.24) is 9.61 Å². The minimum atomic E-state index is -0.244. The standard InChI is InChI=1S/C15H13FN2O/c16-12-6-4-11(5-7-12)9-13-14(10-19)17-18-8-2-1-3-15(13)18/h1-8,19H,9-10H2. The topological polar surface area (TPSA) is 37.5 Å². The third-order valence-corrected chi connectivity index (χ3v) is 3.17. The second-order valence-electron chi connectivity index (χ2n) is 4.42. The summed E-state index contributed by atoms with van der Waals surface area (Å²) in [6, 6.07) is 12.2. The maximum atomic E-state index is 12.9. The summed E-state index contributed by atoms with van der Waals surface area (Å²) in [4.78, 5) is 0. The highest BCUT2D eigenvalue weighted by Gasteiger charge is 2.12. The SMILES string of the molecule is OCc1nn2ccccc2c1Cc1ccc(F)cc1. The number of benzene rings is 1. The van der Waals surface area contributed by atoms with Crippen LogP contribution in [-0.4, -0.2) is 14.7 Å². The van der Waals surface area contributed by atoms with Crippen molar-refractivity contribution in [1.29, 1.82) is 0 Å². The van der Waals surface area contributed by atoms with Crippen LogP contribution in [0.1, 0.15) is 16.8 Å². The molecule has 3 aromatic rings. The molecule has 0 aliphatic carbocycles. The lowest BCUT2D eigenvalue weighted by Crippen LogP contribution is -1.93. The normalized spacial score (nSPS) is 11.1. The largest absolute Gasteiger partial charge is 0.390 e. The van der Waals surface area contributed by atoms with Crippen LogP contribution in [-0.2, 0) is 13.0 Å². The van der Waals surface area contributed by atoms with E-state index in [2.05, 4.69) is 5.10 Å². The third kappa shape index (κ3) is 2.22. The Morgan fingerprint density at radius 1 is 1.11 bits per heavy atom. The maximum absolute atomic E-state index is 12.9. The number of halogens is 1. The first-order valence-corrected chi connectivity index (χ1v) is 6.08. The molecule has 0 amide bonds. The van der Waals surface area contributed by atoms with Crippen LogP contribution in [0.25, 0.3) is 5.52 Å². The summed E-state index contributed by atoms with van der Waals surface area (Å²) in [5, 5.41) is 13.7. The zero-order valence-electron chi connectivity index (χ0n) is 10.3. The molecule has 0 saturated carbocycles. The summed E-state index contributed by atoms with van der Waals surface area (Å²) in [6.45, 7) is -0.0990. The van der Waals surface area contributed by atoms with Gasteiger partial charge in [0.25, 0.3) is 0 Å². The van der Waals surface area contributed by atoms with Gasteiger partial charge in [-0.3, -0.25) is 0 Å². The van der Waals surface area contributed by atoms with Gasteiger partial charge in [0, 0.05) is 18.2 Å². The van der Waals surface area contributed by atoms with Crippen molar-refractivity contribution in [3.8, 4) is 0 Å². The first-order chi connectivity index (χ1) is 9.28. The molecule has 1 N–H and O–H groups in total. The van der Waals surface area contributed by atoms with E-state index in [9.17, 15) is 9.50 Å². The van der Waals surface area contributed by atoms with Crippen molar-refractivity contribution in [2.24, 2.45) is 0 Å². The van der Waals surface area contributed by atoms with Crippen LogP contribution in [0, 0.1) is 5.82 Å². The van der Waals surface area contributed by atoms with Gasteiger partial charge in [0.05, 0.1) is 17.8 Å². The number of nitrogens with zero attached hydrogens (tertiary/aromatic N) is 2. The Balaban J connectivity index is 2.06. The van der Waals surface area contributed by atoms with Gasteiger partial charge in [0.2, 0.25) is 0 Å². The number of pyridine rings is 1. The van der Waals surface area contributed by atoms with Crippen LogP contribution in [0.2, 0.25) is 0 Å². The highest BCUT2D eigenvalue weighted by molar-refractivity contribution is 5.57. The van der Waals surface area contributed by atoms with Crippen LogP contribution in [0.5, 0.6) is 0 Å². The van der Waals surface area contributed by atoms with Crippen LogP contribution in [0.4, 0.5) is 4.39 Å². The van der Waals surface area contributed by atoms with E-state index in [1.807, 2.05) is 24.4 Å². The van der Waals surface area contributed by atoms with Crippen molar-refractivity contribution in [2.75, 3.05) is 0 Å². The molecule has 0 aliphatic rings. The number of aromatic nitrogens is 2. The van der Waals surface area contributed by atoms with Crippen LogP contribution >= 0.6 is 0 Å². The fourth-order valence-corrected chi connectivity index (χ4v) is 2.22. The first kappa shape index (κ1) is 11.9. The molecule has 3 nitrogen and oxygen atoms in total. The van der Waals surface area contributed by atoms with Gasteiger partial charge in [-0.25, -0.2) is 8.91 Å². The molecule has 0 unspecified atom stereocenters. The number of rotatable bonds is 3. The van der Waals surface area contributed by atoms with Gasteiger partial charge >= 0.3 is 0 Å². The summed E-state index contributed by atoms with van der Waals surface area (Å²) in [5.74, 6) is -0.244. The van der Waals surface area contributed by atoms with Crippen molar-refractivity contribution in [2.45, 2.75) is 13.0 Å². The van der Waals surface area contributed by atoms with Gasteiger partial charge in [0.1, 0.15) is 5.82 Å². The number of hydrogen-bond donors (Lipinski definition) is 1. The molecule has 19 heavy (non-hydrogen) atoms. The minimum absolute atomic E-state index is 0.0990. The van der Waals surface area contributed by atoms with Gasteiger partial charge in [-0.05, 0) is 29.8 Å². The highest BCUT2D eigenvalue weighted by atomic mass is 19.1. The molecule has 0 bridgehead atoms. The zero-order valence-corrected chi connectivity index (χ0v) is 10.3. The quantitative estimate of drug-likeness (QED) is 0.782.